The number of benzene rings is 2. The lowest BCUT2D eigenvalue weighted by Gasteiger charge is -2.31. The van der Waals surface area contributed by atoms with Gasteiger partial charge in [0.1, 0.15) is 0 Å². The van der Waals surface area contributed by atoms with Crippen molar-refractivity contribution in [3.8, 4) is 0 Å². The first-order valence-corrected chi connectivity index (χ1v) is 9.37. The van der Waals surface area contributed by atoms with Crippen LogP contribution in [0.3, 0.4) is 0 Å². The Hall–Kier alpha value is -1.26. The summed E-state index contributed by atoms with van der Waals surface area (Å²) in [5.41, 5.74) is 1.88. The lowest BCUT2D eigenvalue weighted by Crippen LogP contribution is -2.37. The van der Waals surface area contributed by atoms with Crippen LogP contribution in [0.2, 0.25) is 15.1 Å². The molecule has 1 saturated heterocycles. The fourth-order valence-corrected chi connectivity index (χ4v) is 3.72. The van der Waals surface area contributed by atoms with E-state index in [0.717, 1.165) is 37.5 Å². The number of anilines is 1. The summed E-state index contributed by atoms with van der Waals surface area (Å²) in [6, 6.07) is 13.0. The van der Waals surface area contributed by atoms with E-state index < -0.39 is 0 Å². The summed E-state index contributed by atoms with van der Waals surface area (Å²) in [5.74, 6) is 0.0451. The lowest BCUT2D eigenvalue weighted by atomic mass is 9.95. The predicted molar refractivity (Wildman–Crippen MR) is 105 cm³/mol. The van der Waals surface area contributed by atoms with Crippen molar-refractivity contribution in [3.05, 3.63) is 63.1 Å². The second-order valence-electron chi connectivity index (χ2n) is 6.32. The summed E-state index contributed by atoms with van der Waals surface area (Å²) in [6.07, 6.45) is 1.68. The quantitative estimate of drug-likeness (QED) is 0.739. The van der Waals surface area contributed by atoms with Gasteiger partial charge < -0.3 is 5.32 Å². The molecule has 0 radical (unpaired) electrons. The standard InChI is InChI=1S/C19H19Cl3N2O/c20-15-3-1-13(2-4-15)12-24-7-5-14(6-8-24)19(25)23-18-10-16(21)9-17(22)11-18/h1-4,9-11,14H,5-8,12H2,(H,23,25). The largest absolute Gasteiger partial charge is 0.326 e. The van der Waals surface area contributed by atoms with Crippen LogP contribution in [-0.4, -0.2) is 23.9 Å². The third-order valence-electron chi connectivity index (χ3n) is 4.41. The summed E-state index contributed by atoms with van der Waals surface area (Å²) >= 11 is 17.9. The highest BCUT2D eigenvalue weighted by Crippen LogP contribution is 2.25. The van der Waals surface area contributed by atoms with Gasteiger partial charge in [0.25, 0.3) is 0 Å². The predicted octanol–water partition coefficient (Wildman–Crippen LogP) is 5.50. The fourth-order valence-electron chi connectivity index (χ4n) is 3.07. The van der Waals surface area contributed by atoms with Crippen LogP contribution in [0.5, 0.6) is 0 Å². The maximum absolute atomic E-state index is 12.5. The average molecular weight is 398 g/mol. The van der Waals surface area contributed by atoms with Crippen molar-refractivity contribution in [2.75, 3.05) is 18.4 Å². The van der Waals surface area contributed by atoms with Gasteiger partial charge in [-0.3, -0.25) is 9.69 Å². The summed E-state index contributed by atoms with van der Waals surface area (Å²) in [7, 11) is 0. The number of carbonyl (C=O) groups is 1. The van der Waals surface area contributed by atoms with Crippen LogP contribution in [0, 0.1) is 5.92 Å². The minimum absolute atomic E-state index is 0.0132. The average Bonchev–Trinajstić information content (AvgIpc) is 2.56. The molecule has 0 atom stereocenters. The number of hydrogen-bond acceptors (Lipinski definition) is 2. The van der Waals surface area contributed by atoms with Crippen molar-refractivity contribution in [1.29, 1.82) is 0 Å². The Morgan fingerprint density at radius 3 is 2.16 bits per heavy atom. The Labute approximate surface area is 162 Å². The molecule has 1 aliphatic heterocycles. The van der Waals surface area contributed by atoms with E-state index in [-0.39, 0.29) is 11.8 Å². The molecule has 0 spiro atoms. The van der Waals surface area contributed by atoms with Gasteiger partial charge in [0, 0.05) is 33.2 Å². The van der Waals surface area contributed by atoms with E-state index in [1.54, 1.807) is 18.2 Å². The highest BCUT2D eigenvalue weighted by molar-refractivity contribution is 6.35. The van der Waals surface area contributed by atoms with E-state index in [2.05, 4.69) is 10.2 Å². The molecule has 6 heteroatoms. The summed E-state index contributed by atoms with van der Waals surface area (Å²) < 4.78 is 0. The van der Waals surface area contributed by atoms with Crippen LogP contribution >= 0.6 is 34.8 Å². The van der Waals surface area contributed by atoms with Crippen LogP contribution in [0.4, 0.5) is 5.69 Å². The minimum atomic E-state index is 0.0132. The molecule has 0 aromatic heterocycles. The second kappa shape index (κ2) is 8.41. The molecule has 132 valence electrons. The number of nitrogens with zero attached hydrogens (tertiary/aromatic N) is 1. The molecule has 3 rings (SSSR count). The molecular formula is C19H19Cl3N2O. The van der Waals surface area contributed by atoms with Crippen LogP contribution in [0.1, 0.15) is 18.4 Å². The van der Waals surface area contributed by atoms with Crippen LogP contribution < -0.4 is 5.32 Å². The van der Waals surface area contributed by atoms with E-state index in [1.807, 2.05) is 24.3 Å². The molecule has 1 heterocycles. The van der Waals surface area contributed by atoms with Crippen molar-refractivity contribution < 1.29 is 4.79 Å². The van der Waals surface area contributed by atoms with E-state index >= 15 is 0 Å². The Morgan fingerprint density at radius 2 is 1.56 bits per heavy atom. The van der Waals surface area contributed by atoms with Gasteiger partial charge in [-0.1, -0.05) is 46.9 Å². The van der Waals surface area contributed by atoms with Gasteiger partial charge in [0.05, 0.1) is 0 Å². The first-order chi connectivity index (χ1) is 12.0. The van der Waals surface area contributed by atoms with E-state index in [9.17, 15) is 4.79 Å². The Balaban J connectivity index is 1.51. The van der Waals surface area contributed by atoms with E-state index in [1.165, 1.54) is 5.56 Å². The zero-order valence-corrected chi connectivity index (χ0v) is 15.9. The van der Waals surface area contributed by atoms with Crippen molar-refractivity contribution in [2.45, 2.75) is 19.4 Å². The molecule has 1 amide bonds. The van der Waals surface area contributed by atoms with Gasteiger partial charge in [-0.25, -0.2) is 0 Å². The van der Waals surface area contributed by atoms with E-state index in [0.29, 0.717) is 15.7 Å². The lowest BCUT2D eigenvalue weighted by molar-refractivity contribution is -0.121. The van der Waals surface area contributed by atoms with Crippen molar-refractivity contribution in [2.24, 2.45) is 5.92 Å². The number of likely N-dealkylation sites (tertiary alicyclic amines) is 1. The van der Waals surface area contributed by atoms with E-state index in [4.69, 9.17) is 34.8 Å². The first-order valence-electron chi connectivity index (χ1n) is 8.23. The van der Waals surface area contributed by atoms with Crippen molar-refractivity contribution in [1.82, 2.24) is 4.90 Å². The number of amides is 1. The number of halogens is 3. The highest BCUT2D eigenvalue weighted by atomic mass is 35.5. The van der Waals surface area contributed by atoms with Gasteiger partial charge in [-0.2, -0.15) is 0 Å². The molecule has 3 nitrogen and oxygen atoms in total. The topological polar surface area (TPSA) is 32.3 Å². The van der Waals surface area contributed by atoms with Crippen molar-refractivity contribution >= 4 is 46.4 Å². The number of nitrogens with one attached hydrogen (secondary N) is 1. The van der Waals surface area contributed by atoms with Crippen LogP contribution in [-0.2, 0) is 11.3 Å². The molecule has 2 aromatic rings. The number of carbonyl (C=O) groups excluding carboxylic acids is 1. The molecule has 1 fully saturated rings. The Morgan fingerprint density at radius 1 is 0.960 bits per heavy atom. The normalized spacial score (nSPS) is 16.0. The maximum Gasteiger partial charge on any atom is 0.227 e. The Kier molecular flexibility index (Phi) is 6.24. The van der Waals surface area contributed by atoms with Gasteiger partial charge in [0.2, 0.25) is 5.91 Å². The second-order valence-corrected chi connectivity index (χ2v) is 7.63. The zero-order valence-electron chi connectivity index (χ0n) is 13.6. The molecular weight excluding hydrogens is 379 g/mol. The molecule has 0 saturated carbocycles. The molecule has 0 unspecified atom stereocenters. The minimum Gasteiger partial charge on any atom is -0.326 e. The third-order valence-corrected chi connectivity index (χ3v) is 5.10. The molecule has 0 aliphatic carbocycles. The summed E-state index contributed by atoms with van der Waals surface area (Å²) in [4.78, 5) is 14.8. The van der Waals surface area contributed by atoms with Gasteiger partial charge in [0.15, 0.2) is 0 Å². The maximum atomic E-state index is 12.5. The first kappa shape index (κ1) is 18.5. The van der Waals surface area contributed by atoms with Gasteiger partial charge in [-0.05, 0) is 61.8 Å². The van der Waals surface area contributed by atoms with Gasteiger partial charge in [-0.15, -0.1) is 0 Å². The van der Waals surface area contributed by atoms with Gasteiger partial charge >= 0.3 is 0 Å². The van der Waals surface area contributed by atoms with Crippen LogP contribution in [0.15, 0.2) is 42.5 Å². The molecule has 0 bridgehead atoms. The third kappa shape index (κ3) is 5.35. The molecule has 1 aliphatic rings. The molecule has 1 N–H and O–H groups in total. The van der Waals surface area contributed by atoms with Crippen molar-refractivity contribution in [3.63, 3.8) is 0 Å². The zero-order chi connectivity index (χ0) is 17.8. The van der Waals surface area contributed by atoms with Crippen LogP contribution in [0.25, 0.3) is 0 Å². The summed E-state index contributed by atoms with van der Waals surface area (Å²) in [5, 5.41) is 4.70. The fraction of sp³-hybridized carbons (Fsp3) is 0.316. The SMILES string of the molecule is O=C(Nc1cc(Cl)cc(Cl)c1)C1CCN(Cc2ccc(Cl)cc2)CC1. The molecule has 25 heavy (non-hydrogen) atoms. The Bertz CT molecular complexity index is 721. The molecule has 2 aromatic carbocycles. The number of piperidine rings is 1. The highest BCUT2D eigenvalue weighted by Gasteiger charge is 2.25. The number of hydrogen-bond donors (Lipinski definition) is 1. The number of rotatable bonds is 4. The smallest absolute Gasteiger partial charge is 0.227 e. The monoisotopic (exact) mass is 396 g/mol. The summed E-state index contributed by atoms with van der Waals surface area (Å²) in [6.45, 7) is 2.68.